The molecule has 2 saturated carbocycles. The molecule has 0 radical (unpaired) electrons. The Morgan fingerprint density at radius 3 is 1.86 bits per heavy atom. The van der Waals surface area contributed by atoms with Crippen molar-refractivity contribution in [3.63, 3.8) is 0 Å². The van der Waals surface area contributed by atoms with E-state index >= 15 is 24.0 Å². The molecule has 558 valence electrons. The summed E-state index contributed by atoms with van der Waals surface area (Å²) in [7, 11) is 8.63. The number of likely N-dealkylation sites (N-methyl/N-ethyl adjacent to an activating group) is 6. The van der Waals surface area contributed by atoms with Crippen LogP contribution >= 0.6 is 11.6 Å². The number of benzene rings is 1. The first-order chi connectivity index (χ1) is 47.2. The van der Waals surface area contributed by atoms with Crippen LogP contribution in [-0.2, 0) is 70.1 Å². The zero-order valence-electron chi connectivity index (χ0n) is 60.9. The number of carbonyl (C=O) groups is 12. The van der Waals surface area contributed by atoms with Crippen LogP contribution in [0.2, 0.25) is 5.02 Å². The second-order valence-corrected chi connectivity index (χ2v) is 30.0. The van der Waals surface area contributed by atoms with E-state index in [1.807, 2.05) is 27.7 Å². The number of likely N-dealkylation sites (tertiary alicyclic amines) is 1. The highest BCUT2D eigenvalue weighted by atomic mass is 35.5. The largest absolute Gasteiger partial charge is 0.417 e. The molecule has 6 aliphatic rings. The Labute approximate surface area is 593 Å². The van der Waals surface area contributed by atoms with Crippen LogP contribution in [0.1, 0.15) is 194 Å². The normalized spacial score (nSPS) is 27.8. The van der Waals surface area contributed by atoms with Gasteiger partial charge in [-0.25, -0.2) is 0 Å². The van der Waals surface area contributed by atoms with Crippen LogP contribution in [0.3, 0.4) is 0 Å². The monoisotopic (exact) mass is 1430 g/mol. The minimum absolute atomic E-state index is 0.0238. The van der Waals surface area contributed by atoms with E-state index in [4.69, 9.17) is 11.6 Å². The van der Waals surface area contributed by atoms with Gasteiger partial charge in [0, 0.05) is 68.5 Å². The Balaban J connectivity index is 1.28. The van der Waals surface area contributed by atoms with Gasteiger partial charge in [-0.1, -0.05) is 110 Å². The maximum absolute atomic E-state index is 15.4. The number of piperidine rings is 1. The number of halogens is 4. The van der Waals surface area contributed by atoms with Crippen LogP contribution in [0, 0.1) is 17.8 Å². The number of hydrogen-bond donors (Lipinski definition) is 3. The molecule has 100 heavy (non-hydrogen) atoms. The van der Waals surface area contributed by atoms with Crippen molar-refractivity contribution in [3.05, 3.63) is 34.3 Å². The minimum atomic E-state index is -4.76. The third kappa shape index (κ3) is 19.0. The van der Waals surface area contributed by atoms with Gasteiger partial charge in [0.2, 0.25) is 70.9 Å². The predicted octanol–water partition coefficient (Wildman–Crippen LogP) is 6.17. The fourth-order valence-electron chi connectivity index (χ4n) is 15.4. The first kappa shape index (κ1) is 80.3. The smallest absolute Gasteiger partial charge is 0.343 e. The highest BCUT2D eigenvalue weighted by Crippen LogP contribution is 2.37. The molecule has 24 nitrogen and oxygen atoms in total. The van der Waals surface area contributed by atoms with E-state index in [1.165, 1.54) is 89.6 Å². The van der Waals surface area contributed by atoms with Crippen molar-refractivity contribution >= 4 is 82.5 Å². The van der Waals surface area contributed by atoms with Crippen molar-refractivity contribution in [2.24, 2.45) is 17.8 Å². The summed E-state index contributed by atoms with van der Waals surface area (Å²) in [6.07, 6.45) is 4.33. The average Bonchev–Trinajstić information content (AvgIpc) is 1.75. The van der Waals surface area contributed by atoms with E-state index in [1.54, 1.807) is 11.8 Å². The highest BCUT2D eigenvalue weighted by Gasteiger charge is 2.51. The summed E-state index contributed by atoms with van der Waals surface area (Å²) in [5.74, 6) is -8.21. The van der Waals surface area contributed by atoms with Crippen LogP contribution < -0.4 is 16.0 Å². The first-order valence-electron chi connectivity index (χ1n) is 36.4. The molecule has 1 aromatic carbocycles. The molecule has 1 aromatic rings. The van der Waals surface area contributed by atoms with Crippen molar-refractivity contribution < 1.29 is 70.7 Å². The summed E-state index contributed by atoms with van der Waals surface area (Å²) in [6.45, 7) is 11.0. The van der Waals surface area contributed by atoms with Gasteiger partial charge in [-0.05, 0) is 126 Å². The van der Waals surface area contributed by atoms with Crippen molar-refractivity contribution in [3.8, 4) is 0 Å². The van der Waals surface area contributed by atoms with Crippen LogP contribution in [-0.4, -0.2) is 250 Å². The van der Waals surface area contributed by atoms with E-state index in [0.717, 1.165) is 55.6 Å². The summed E-state index contributed by atoms with van der Waals surface area (Å²) in [5.41, 5.74) is -2.34. The molecule has 1 spiro atoms. The molecule has 7 rings (SSSR count). The third-order valence-electron chi connectivity index (χ3n) is 22.2. The number of alkyl halides is 3. The number of rotatable bonds is 12. The van der Waals surface area contributed by atoms with Gasteiger partial charge in [-0.3, -0.25) is 57.5 Å². The van der Waals surface area contributed by atoms with Gasteiger partial charge in [0.1, 0.15) is 59.9 Å². The van der Waals surface area contributed by atoms with Gasteiger partial charge >= 0.3 is 6.18 Å². The topological polar surface area (TPSA) is 270 Å². The van der Waals surface area contributed by atoms with Gasteiger partial charge in [-0.2, -0.15) is 13.2 Å². The molecule has 6 fully saturated rings. The summed E-state index contributed by atoms with van der Waals surface area (Å²) >= 11 is 6.16. The Kier molecular flexibility index (Phi) is 28.3. The highest BCUT2D eigenvalue weighted by molar-refractivity contribution is 6.31. The molecule has 12 amide bonds. The maximum Gasteiger partial charge on any atom is 0.417 e. The molecule has 3 N–H and O–H groups in total. The number of aryl methyl sites for hydroxylation is 1. The van der Waals surface area contributed by atoms with Gasteiger partial charge in [0.05, 0.1) is 23.6 Å². The van der Waals surface area contributed by atoms with Gasteiger partial charge in [-0.15, -0.1) is 0 Å². The quantitative estimate of drug-likeness (QED) is 0.212. The molecule has 4 saturated heterocycles. The molecule has 0 aromatic heterocycles. The first-order valence-corrected chi connectivity index (χ1v) is 36.8. The third-order valence-corrected chi connectivity index (χ3v) is 22.5. The zero-order chi connectivity index (χ0) is 73.8. The van der Waals surface area contributed by atoms with E-state index in [-0.39, 0.29) is 82.7 Å². The molecule has 4 aliphatic heterocycles. The van der Waals surface area contributed by atoms with E-state index < -0.39 is 166 Å². The second kappa shape index (κ2) is 35.2. The Morgan fingerprint density at radius 2 is 1.27 bits per heavy atom. The molecule has 4 heterocycles. The SMILES string of the molecule is CCCC1C(=O)N(C)[C@H](C(=O)N2CCCCC2)CC(=O)N(C)[C@@H](CC(C)C)C(=O)N[C@@H]([C@@H](C)CC)C(=O)N(C)[C@@H](C)C(=O)N2CC[C@H]2C(=O)N(C)[C@@H](CC2CCCCC2)C(=O)N(C)CC(=O)N[C@@H](CCc2ccc(C(F)(F)F)c(Cl)c2)C(=O)N2CCC[C@H]2C(=O)NC2(CCCC2)C(=O)N1C. The summed E-state index contributed by atoms with van der Waals surface area (Å²) < 4.78 is 41.6. The molecule has 0 bridgehead atoms. The van der Waals surface area contributed by atoms with E-state index in [0.29, 0.717) is 63.6 Å². The molecule has 1 unspecified atom stereocenters. The number of hydrogen-bond acceptors (Lipinski definition) is 12. The lowest BCUT2D eigenvalue weighted by atomic mass is 9.84. The standard InChI is InChI=1S/C72H110ClF3N12O12/c1-13-24-53-66(96)84(11)57(68(98)86-35-21-16-22-36-86)42-59(90)82(9)55(39-44(3)4)61(91)78-60(45(5)14-2)69(99)81(8)46(6)63(93)88-38-32-54(88)67(97)83(10)56(41-47-25-17-15-18-26-47)65(95)80(7)43-58(89)77-51(31-29-48-28-30-49(50(73)40-48)72(74,75)76)64(94)87-37-23-27-52(87)62(92)79-71(33-19-20-34-71)70(100)85(53)12/h28,30,40,44-47,51-57,60H,13-27,29,31-39,41-43H2,1-12H3,(H,77,89)(H,78,91)(H,79,92)/t45-,46-,51-,52-,53?,54-,55-,56-,57-,60-/m0/s1. The van der Waals surface area contributed by atoms with Gasteiger partial charge in [0.15, 0.2) is 0 Å². The molecular formula is C72H110ClF3N12O12. The molecule has 2 aliphatic carbocycles. The summed E-state index contributed by atoms with van der Waals surface area (Å²) in [4.78, 5) is 191. The van der Waals surface area contributed by atoms with E-state index in [2.05, 4.69) is 16.0 Å². The number of fused-ring (bicyclic) bond motifs is 2. The van der Waals surface area contributed by atoms with Gasteiger partial charge < -0.3 is 60.0 Å². The summed E-state index contributed by atoms with van der Waals surface area (Å²) in [6, 6.07) is -7.76. The molecular weight excluding hydrogens is 1320 g/mol. The van der Waals surface area contributed by atoms with Crippen molar-refractivity contribution in [2.75, 3.05) is 75.0 Å². The average molecular weight is 1430 g/mol. The summed E-state index contributed by atoms with van der Waals surface area (Å²) in [5, 5.41) is 8.17. The number of nitrogens with zero attached hydrogens (tertiary/aromatic N) is 9. The molecule has 10 atom stereocenters. The van der Waals surface area contributed by atoms with Crippen molar-refractivity contribution in [1.29, 1.82) is 0 Å². The lowest BCUT2D eigenvalue weighted by Crippen LogP contribution is -2.65. The minimum Gasteiger partial charge on any atom is -0.343 e. The fourth-order valence-corrected chi connectivity index (χ4v) is 15.7. The Bertz CT molecular complexity index is 3140. The second-order valence-electron chi connectivity index (χ2n) is 29.6. The van der Waals surface area contributed by atoms with Crippen LogP contribution in [0.4, 0.5) is 13.2 Å². The number of amides is 12. The lowest BCUT2D eigenvalue weighted by molar-refractivity contribution is -0.160. The van der Waals surface area contributed by atoms with Crippen molar-refractivity contribution in [2.45, 2.75) is 255 Å². The van der Waals surface area contributed by atoms with Crippen molar-refractivity contribution in [1.82, 2.24) is 60.0 Å². The van der Waals surface area contributed by atoms with Crippen LogP contribution in [0.25, 0.3) is 0 Å². The van der Waals surface area contributed by atoms with Crippen LogP contribution in [0.15, 0.2) is 18.2 Å². The fraction of sp³-hybridized carbons (Fsp3) is 0.750. The van der Waals surface area contributed by atoms with Gasteiger partial charge in [0.25, 0.3) is 0 Å². The van der Waals surface area contributed by atoms with Crippen LogP contribution in [0.5, 0.6) is 0 Å². The Morgan fingerprint density at radius 1 is 0.630 bits per heavy atom. The zero-order valence-corrected chi connectivity index (χ0v) is 61.7. The predicted molar refractivity (Wildman–Crippen MR) is 369 cm³/mol. The maximum atomic E-state index is 15.4. The Hall–Kier alpha value is -7.06. The lowest BCUT2D eigenvalue weighted by Gasteiger charge is -2.45. The number of carbonyl (C=O) groups excluding carboxylic acids is 12. The van der Waals surface area contributed by atoms with E-state index in [9.17, 15) is 46.7 Å². The molecule has 28 heteroatoms. The number of nitrogens with one attached hydrogen (secondary N) is 3.